The zero-order valence-corrected chi connectivity index (χ0v) is 27.8. The number of hydrogen-bond acceptors (Lipinski definition) is 10. The van der Waals surface area contributed by atoms with Crippen molar-refractivity contribution in [1.82, 2.24) is 18.7 Å². The molecule has 14 nitrogen and oxygen atoms in total. The van der Waals surface area contributed by atoms with E-state index in [-0.39, 0.29) is 41.5 Å². The Morgan fingerprint density at radius 2 is 1.00 bits per heavy atom. The van der Waals surface area contributed by atoms with Gasteiger partial charge in [-0.3, -0.25) is 38.4 Å². The van der Waals surface area contributed by atoms with Crippen molar-refractivity contribution in [2.45, 2.75) is 45.7 Å². The Balaban J connectivity index is 1.35. The molecular formula is C36H25F3N6O8. The lowest BCUT2D eigenvalue weighted by Crippen LogP contribution is -2.42. The van der Waals surface area contributed by atoms with Crippen LogP contribution < -0.4 is 44.5 Å². The SMILES string of the molecule is CCCCC(/C=N/n1c(=O)c2cc3c(=O)n(-n4c(=O)c5cc6c(=O)n(/N=C/c7ccccc7C(F)(F)F)c(=O)c6cc5c4=O)c(=O)c3cc2c1=O)CC. The summed E-state index contributed by atoms with van der Waals surface area (Å²) >= 11 is 0. The summed E-state index contributed by atoms with van der Waals surface area (Å²) in [5.74, 6) is 0.0142. The smallest absolute Gasteiger partial charge is 0.267 e. The molecule has 17 heteroatoms. The number of alkyl halides is 3. The van der Waals surface area contributed by atoms with Gasteiger partial charge in [0.2, 0.25) is 0 Å². The summed E-state index contributed by atoms with van der Waals surface area (Å²) in [5, 5.41) is 4.89. The standard InChI is InChI=1S/C36H25F3N6O8/c1-3-5-8-17(4-2)15-40-42-28(46)19-11-23-24(12-20(19)29(42)47)33(51)44(32(23)50)45-34(52)25-13-21-22(14-26(25)35(45)53)31(49)43(30(21)48)41-16-18-9-6-7-10-27(18)36(37,38)39/h6-7,9-17H,3-5,8H2,1-2H3/b40-15+,41-16+. The third-order valence-corrected chi connectivity index (χ3v) is 9.32. The maximum Gasteiger partial charge on any atom is 0.417 e. The second kappa shape index (κ2) is 12.5. The molecule has 0 bridgehead atoms. The number of benzene rings is 3. The van der Waals surface area contributed by atoms with E-state index < -0.39 is 83.3 Å². The summed E-state index contributed by atoms with van der Waals surface area (Å²) in [6.45, 7) is 3.98. The van der Waals surface area contributed by atoms with E-state index in [1.807, 2.05) is 13.8 Å². The van der Waals surface area contributed by atoms with Crippen molar-refractivity contribution >= 4 is 55.5 Å². The number of fused-ring (bicyclic) bond motifs is 4. The van der Waals surface area contributed by atoms with Gasteiger partial charge in [0, 0.05) is 11.8 Å². The van der Waals surface area contributed by atoms with Crippen molar-refractivity contribution in [2.24, 2.45) is 16.1 Å². The molecule has 0 saturated heterocycles. The molecule has 0 aliphatic heterocycles. The minimum Gasteiger partial charge on any atom is -0.267 e. The predicted molar refractivity (Wildman–Crippen MR) is 192 cm³/mol. The van der Waals surface area contributed by atoms with Crippen molar-refractivity contribution < 1.29 is 13.2 Å². The van der Waals surface area contributed by atoms with Gasteiger partial charge in [0.1, 0.15) is 0 Å². The Labute approximate surface area is 291 Å². The number of aromatic nitrogens is 4. The highest BCUT2D eigenvalue weighted by atomic mass is 19.4. The second-order valence-corrected chi connectivity index (χ2v) is 12.5. The van der Waals surface area contributed by atoms with Crippen molar-refractivity contribution in [3.05, 3.63) is 142 Å². The van der Waals surface area contributed by atoms with Gasteiger partial charge >= 0.3 is 6.18 Å². The molecule has 53 heavy (non-hydrogen) atoms. The lowest BCUT2D eigenvalue weighted by Gasteiger charge is -2.08. The molecule has 0 saturated carbocycles. The number of hydrogen-bond donors (Lipinski definition) is 0. The molecule has 268 valence electrons. The van der Waals surface area contributed by atoms with Gasteiger partial charge in [0.25, 0.3) is 44.5 Å². The summed E-state index contributed by atoms with van der Waals surface area (Å²) in [7, 11) is 0. The van der Waals surface area contributed by atoms with Crippen LogP contribution in [0.25, 0.3) is 43.1 Å². The normalized spacial score (nSPS) is 13.3. The van der Waals surface area contributed by atoms with E-state index in [4.69, 9.17) is 0 Å². The first kappa shape index (κ1) is 34.8. The van der Waals surface area contributed by atoms with Crippen LogP contribution in [0, 0.1) is 5.92 Å². The summed E-state index contributed by atoms with van der Waals surface area (Å²) < 4.78 is 41.7. The first-order valence-corrected chi connectivity index (χ1v) is 16.3. The largest absolute Gasteiger partial charge is 0.417 e. The van der Waals surface area contributed by atoms with Crippen molar-refractivity contribution in [2.75, 3.05) is 0 Å². The Morgan fingerprint density at radius 1 is 0.604 bits per heavy atom. The number of nitrogens with zero attached hydrogens (tertiary/aromatic N) is 6. The molecule has 7 rings (SSSR count). The fourth-order valence-electron chi connectivity index (χ4n) is 6.47. The van der Waals surface area contributed by atoms with Crippen LogP contribution in [0.3, 0.4) is 0 Å². The molecule has 7 aromatic rings. The maximum atomic E-state index is 13.6. The fourth-order valence-corrected chi connectivity index (χ4v) is 6.47. The average molecular weight is 727 g/mol. The molecule has 0 aliphatic rings. The van der Waals surface area contributed by atoms with Crippen molar-refractivity contribution in [3.63, 3.8) is 0 Å². The molecule has 1 atom stereocenters. The molecule has 0 spiro atoms. The molecule has 4 heterocycles. The van der Waals surface area contributed by atoms with E-state index in [2.05, 4.69) is 10.2 Å². The first-order chi connectivity index (χ1) is 25.2. The second-order valence-electron chi connectivity index (χ2n) is 12.5. The van der Waals surface area contributed by atoms with E-state index in [0.717, 1.165) is 68.1 Å². The monoisotopic (exact) mass is 726 g/mol. The van der Waals surface area contributed by atoms with Crippen LogP contribution in [-0.4, -0.2) is 31.1 Å². The fraction of sp³-hybridized carbons (Fsp3) is 0.222. The van der Waals surface area contributed by atoms with Gasteiger partial charge in [-0.05, 0) is 49.1 Å². The lowest BCUT2D eigenvalue weighted by atomic mass is 10.0. The quantitative estimate of drug-likeness (QED) is 0.203. The van der Waals surface area contributed by atoms with Crippen molar-refractivity contribution in [1.29, 1.82) is 0 Å². The van der Waals surface area contributed by atoms with E-state index in [1.54, 1.807) is 0 Å². The number of unbranched alkanes of at least 4 members (excludes halogenated alkanes) is 1. The minimum atomic E-state index is -4.76. The number of rotatable bonds is 9. The molecule has 0 fully saturated rings. The summed E-state index contributed by atoms with van der Waals surface area (Å²) in [6.07, 6.45) is 0.844. The highest BCUT2D eigenvalue weighted by molar-refractivity contribution is 5.99. The molecule has 0 aliphatic carbocycles. The van der Waals surface area contributed by atoms with E-state index in [1.165, 1.54) is 12.3 Å². The van der Waals surface area contributed by atoms with Gasteiger partial charge in [-0.2, -0.15) is 42.1 Å². The Bertz CT molecular complexity index is 3010. The van der Waals surface area contributed by atoms with Gasteiger partial charge in [-0.25, -0.2) is 0 Å². The van der Waals surface area contributed by atoms with Crippen molar-refractivity contribution in [3.8, 4) is 0 Å². The highest BCUT2D eigenvalue weighted by Crippen LogP contribution is 2.31. The average Bonchev–Trinajstić information content (AvgIpc) is 3.71. The van der Waals surface area contributed by atoms with Crippen LogP contribution in [-0.2, 0) is 6.18 Å². The zero-order valence-electron chi connectivity index (χ0n) is 27.8. The van der Waals surface area contributed by atoms with Crippen LogP contribution in [0.5, 0.6) is 0 Å². The van der Waals surface area contributed by atoms with Gasteiger partial charge in [0.05, 0.1) is 54.9 Å². The third-order valence-electron chi connectivity index (χ3n) is 9.32. The molecular weight excluding hydrogens is 701 g/mol. The third kappa shape index (κ3) is 5.34. The minimum absolute atomic E-state index is 0.0142. The highest BCUT2D eigenvalue weighted by Gasteiger charge is 2.32. The number of halogens is 3. The Hall–Kier alpha value is -6.65. The first-order valence-electron chi connectivity index (χ1n) is 16.3. The van der Waals surface area contributed by atoms with Crippen LogP contribution in [0.1, 0.15) is 50.7 Å². The maximum absolute atomic E-state index is 13.6. The Morgan fingerprint density at radius 3 is 1.40 bits per heavy atom. The van der Waals surface area contributed by atoms with Crippen LogP contribution in [0.15, 0.2) is 97.1 Å². The topological polar surface area (TPSA) is 181 Å². The van der Waals surface area contributed by atoms with E-state index in [0.29, 0.717) is 10.9 Å². The van der Waals surface area contributed by atoms with Crippen LogP contribution in [0.4, 0.5) is 13.2 Å². The van der Waals surface area contributed by atoms with Crippen LogP contribution in [0.2, 0.25) is 0 Å². The summed E-state index contributed by atoms with van der Waals surface area (Å²) in [5.41, 5.74) is -10.1. The van der Waals surface area contributed by atoms with Gasteiger partial charge in [0.15, 0.2) is 0 Å². The summed E-state index contributed by atoms with van der Waals surface area (Å²) in [4.78, 5) is 107. The molecule has 4 aromatic heterocycles. The van der Waals surface area contributed by atoms with Gasteiger partial charge in [-0.15, -0.1) is 0 Å². The van der Waals surface area contributed by atoms with E-state index in [9.17, 15) is 51.5 Å². The molecule has 0 radical (unpaired) electrons. The summed E-state index contributed by atoms with van der Waals surface area (Å²) in [6, 6.07) is 8.17. The molecule has 1 unspecified atom stereocenters. The van der Waals surface area contributed by atoms with Gasteiger partial charge in [-0.1, -0.05) is 44.9 Å². The lowest BCUT2D eigenvalue weighted by molar-refractivity contribution is -0.137. The Kier molecular flexibility index (Phi) is 8.23. The molecule has 3 aromatic carbocycles. The van der Waals surface area contributed by atoms with Gasteiger partial charge < -0.3 is 0 Å². The zero-order chi connectivity index (χ0) is 38.1. The van der Waals surface area contributed by atoms with E-state index >= 15 is 0 Å². The predicted octanol–water partition coefficient (Wildman–Crippen LogP) is 2.40. The molecule has 0 N–H and O–H groups in total. The molecule has 0 amide bonds. The van der Waals surface area contributed by atoms with Crippen LogP contribution >= 0.6 is 0 Å².